The second kappa shape index (κ2) is 6.81. The van der Waals surface area contributed by atoms with Crippen LogP contribution in [0.1, 0.15) is 18.1 Å². The maximum atomic E-state index is 11.2. The van der Waals surface area contributed by atoms with Gasteiger partial charge in [-0.3, -0.25) is 4.79 Å². The van der Waals surface area contributed by atoms with Crippen LogP contribution >= 0.6 is 11.6 Å². The third kappa shape index (κ3) is 4.59. The van der Waals surface area contributed by atoms with Crippen LogP contribution in [0.3, 0.4) is 0 Å². The zero-order valence-corrected chi connectivity index (χ0v) is 10.6. The topological polar surface area (TPSA) is 63.6 Å². The summed E-state index contributed by atoms with van der Waals surface area (Å²) in [5.41, 5.74) is 1.19. The van der Waals surface area contributed by atoms with Gasteiger partial charge in [-0.2, -0.15) is 0 Å². The number of esters is 1. The lowest BCUT2D eigenvalue weighted by Crippen LogP contribution is -2.02. The first-order valence-electron chi connectivity index (χ1n) is 5.38. The van der Waals surface area contributed by atoms with Gasteiger partial charge < -0.3 is 9.84 Å². The van der Waals surface area contributed by atoms with Crippen LogP contribution in [0.25, 0.3) is 6.08 Å². The minimum Gasteiger partial charge on any atom is -0.481 e. The Hall–Kier alpha value is -1.81. The summed E-state index contributed by atoms with van der Waals surface area (Å²) in [5, 5.41) is 9.24. The van der Waals surface area contributed by atoms with Crippen molar-refractivity contribution < 1.29 is 19.4 Å². The summed E-state index contributed by atoms with van der Waals surface area (Å²) >= 11 is 5.80. The Morgan fingerprint density at radius 3 is 2.78 bits per heavy atom. The van der Waals surface area contributed by atoms with E-state index in [0.717, 1.165) is 0 Å². The van der Waals surface area contributed by atoms with Crippen molar-refractivity contribution in [1.29, 1.82) is 0 Å². The Morgan fingerprint density at radius 2 is 2.17 bits per heavy atom. The van der Waals surface area contributed by atoms with Crippen LogP contribution in [0.5, 0.6) is 0 Å². The second-order valence-corrected chi connectivity index (χ2v) is 3.94. The minimum absolute atomic E-state index is 0.150. The lowest BCUT2D eigenvalue weighted by Gasteiger charge is -2.04. The fourth-order valence-electron chi connectivity index (χ4n) is 1.40. The van der Waals surface area contributed by atoms with Crippen LogP contribution in [-0.2, 0) is 20.7 Å². The molecule has 1 aromatic carbocycles. The number of halogens is 1. The molecule has 0 heterocycles. The molecule has 1 rings (SSSR count). The number of aliphatic carboxylic acids is 1. The van der Waals surface area contributed by atoms with Crippen LogP contribution in [0.4, 0.5) is 0 Å². The lowest BCUT2D eigenvalue weighted by molar-refractivity contribution is -0.137. The highest BCUT2D eigenvalue weighted by Gasteiger charge is 2.06. The quantitative estimate of drug-likeness (QED) is 0.658. The molecular weight excluding hydrogens is 256 g/mol. The first-order chi connectivity index (χ1) is 8.52. The van der Waals surface area contributed by atoms with E-state index in [-0.39, 0.29) is 6.42 Å². The van der Waals surface area contributed by atoms with Crippen molar-refractivity contribution in [3.63, 3.8) is 0 Å². The SMILES string of the molecule is CCOC(=O)C=Cc1ccc(Cl)cc1CC(=O)O. The molecular formula is C13H13ClO4. The first kappa shape index (κ1) is 14.3. The van der Waals surface area contributed by atoms with E-state index in [0.29, 0.717) is 22.8 Å². The summed E-state index contributed by atoms with van der Waals surface area (Å²) in [6.07, 6.45) is 2.63. The van der Waals surface area contributed by atoms with E-state index in [2.05, 4.69) is 0 Å². The summed E-state index contributed by atoms with van der Waals surface area (Å²) in [5.74, 6) is -1.42. The van der Waals surface area contributed by atoms with Crippen LogP contribution in [0.2, 0.25) is 5.02 Å². The van der Waals surface area contributed by atoms with Gasteiger partial charge in [0.25, 0.3) is 0 Å². The number of ether oxygens (including phenoxy) is 1. The molecule has 0 aliphatic carbocycles. The Morgan fingerprint density at radius 1 is 1.44 bits per heavy atom. The molecule has 0 aliphatic heterocycles. The van der Waals surface area contributed by atoms with Crippen LogP contribution < -0.4 is 0 Å². The largest absolute Gasteiger partial charge is 0.481 e. The second-order valence-electron chi connectivity index (χ2n) is 3.50. The Balaban J connectivity index is 2.93. The van der Waals surface area contributed by atoms with Crippen molar-refractivity contribution in [2.45, 2.75) is 13.3 Å². The van der Waals surface area contributed by atoms with Gasteiger partial charge in [-0.25, -0.2) is 4.79 Å². The van der Waals surface area contributed by atoms with E-state index >= 15 is 0 Å². The average Bonchev–Trinajstić information content (AvgIpc) is 2.27. The molecule has 0 bridgehead atoms. The lowest BCUT2D eigenvalue weighted by atomic mass is 10.0. The highest BCUT2D eigenvalue weighted by molar-refractivity contribution is 6.30. The van der Waals surface area contributed by atoms with E-state index < -0.39 is 11.9 Å². The van der Waals surface area contributed by atoms with Gasteiger partial charge in [0, 0.05) is 11.1 Å². The Kier molecular flexibility index (Phi) is 5.39. The van der Waals surface area contributed by atoms with Gasteiger partial charge in [0.1, 0.15) is 0 Å². The Bertz CT molecular complexity index is 480. The van der Waals surface area contributed by atoms with E-state index in [1.807, 2.05) is 0 Å². The number of carboxylic acid groups (broad SMARTS) is 1. The number of hydrogen-bond donors (Lipinski definition) is 1. The fraction of sp³-hybridized carbons (Fsp3) is 0.231. The number of carboxylic acids is 1. The maximum absolute atomic E-state index is 11.2. The number of benzene rings is 1. The van der Waals surface area contributed by atoms with Crippen LogP contribution in [-0.4, -0.2) is 23.7 Å². The molecule has 0 saturated heterocycles. The van der Waals surface area contributed by atoms with Crippen molar-refractivity contribution in [2.75, 3.05) is 6.61 Å². The number of carbonyl (C=O) groups excluding carboxylic acids is 1. The predicted octanol–water partition coefficient (Wildman–Crippen LogP) is 2.54. The van der Waals surface area contributed by atoms with E-state index in [9.17, 15) is 9.59 Å². The predicted molar refractivity (Wildman–Crippen MR) is 68.5 cm³/mol. The van der Waals surface area contributed by atoms with Gasteiger partial charge in [-0.1, -0.05) is 17.7 Å². The van der Waals surface area contributed by atoms with Gasteiger partial charge in [-0.05, 0) is 36.3 Å². The molecule has 96 valence electrons. The van der Waals surface area contributed by atoms with Gasteiger partial charge in [-0.15, -0.1) is 0 Å². The standard InChI is InChI=1S/C13H13ClO4/c1-2-18-13(17)6-4-9-3-5-11(14)7-10(9)8-12(15)16/h3-7H,2,8H2,1H3,(H,15,16). The fourth-order valence-corrected chi connectivity index (χ4v) is 1.60. The molecule has 0 saturated carbocycles. The average molecular weight is 269 g/mol. The minimum atomic E-state index is -0.956. The smallest absolute Gasteiger partial charge is 0.330 e. The molecule has 0 radical (unpaired) electrons. The van der Waals surface area contributed by atoms with E-state index in [4.69, 9.17) is 21.4 Å². The normalized spacial score (nSPS) is 10.6. The maximum Gasteiger partial charge on any atom is 0.330 e. The van der Waals surface area contributed by atoms with Gasteiger partial charge in [0.2, 0.25) is 0 Å². The molecule has 0 aromatic heterocycles. The van der Waals surface area contributed by atoms with Gasteiger partial charge in [0.05, 0.1) is 13.0 Å². The van der Waals surface area contributed by atoms with E-state index in [1.54, 1.807) is 25.1 Å². The first-order valence-corrected chi connectivity index (χ1v) is 5.75. The third-order valence-electron chi connectivity index (χ3n) is 2.13. The monoisotopic (exact) mass is 268 g/mol. The van der Waals surface area contributed by atoms with E-state index in [1.165, 1.54) is 12.2 Å². The molecule has 5 heteroatoms. The molecule has 0 amide bonds. The number of hydrogen-bond acceptors (Lipinski definition) is 3. The number of rotatable bonds is 5. The molecule has 4 nitrogen and oxygen atoms in total. The van der Waals surface area contributed by atoms with Gasteiger partial charge in [0.15, 0.2) is 0 Å². The van der Waals surface area contributed by atoms with Crippen molar-refractivity contribution in [3.05, 3.63) is 40.4 Å². The molecule has 0 spiro atoms. The zero-order valence-electron chi connectivity index (χ0n) is 9.85. The Labute approximate surface area is 110 Å². The molecule has 1 aromatic rings. The summed E-state index contributed by atoms with van der Waals surface area (Å²) in [4.78, 5) is 21.9. The summed E-state index contributed by atoms with van der Waals surface area (Å²) < 4.78 is 4.74. The highest BCUT2D eigenvalue weighted by atomic mass is 35.5. The molecule has 0 fully saturated rings. The van der Waals surface area contributed by atoms with Crippen LogP contribution in [0, 0.1) is 0 Å². The van der Waals surface area contributed by atoms with Gasteiger partial charge >= 0.3 is 11.9 Å². The van der Waals surface area contributed by atoms with Crippen molar-refractivity contribution in [1.82, 2.24) is 0 Å². The van der Waals surface area contributed by atoms with Crippen molar-refractivity contribution >= 4 is 29.6 Å². The third-order valence-corrected chi connectivity index (χ3v) is 2.37. The summed E-state index contributed by atoms with van der Waals surface area (Å²) in [7, 11) is 0. The molecule has 0 unspecified atom stereocenters. The summed E-state index contributed by atoms with van der Waals surface area (Å²) in [6.45, 7) is 2.01. The van der Waals surface area contributed by atoms with Crippen molar-refractivity contribution in [2.24, 2.45) is 0 Å². The zero-order chi connectivity index (χ0) is 13.5. The molecule has 0 atom stereocenters. The summed E-state index contributed by atoms with van der Waals surface area (Å²) in [6, 6.07) is 4.87. The highest BCUT2D eigenvalue weighted by Crippen LogP contribution is 2.18. The molecule has 18 heavy (non-hydrogen) atoms. The van der Waals surface area contributed by atoms with Crippen LogP contribution in [0.15, 0.2) is 24.3 Å². The number of carbonyl (C=O) groups is 2. The molecule has 1 N–H and O–H groups in total. The molecule has 0 aliphatic rings. The van der Waals surface area contributed by atoms with Crippen molar-refractivity contribution in [3.8, 4) is 0 Å².